The van der Waals surface area contributed by atoms with E-state index in [1.54, 1.807) is 18.7 Å². The summed E-state index contributed by atoms with van der Waals surface area (Å²) in [5, 5.41) is 0. The minimum absolute atomic E-state index is 0.0416. The largest absolute Gasteiger partial charge is 0.460 e. The van der Waals surface area contributed by atoms with E-state index in [2.05, 4.69) is 12.1 Å². The molecule has 6 aliphatic rings. The summed E-state index contributed by atoms with van der Waals surface area (Å²) in [4.78, 5) is 40.9. The van der Waals surface area contributed by atoms with Crippen LogP contribution in [0.2, 0.25) is 0 Å². The maximum atomic E-state index is 14.9. The molecule has 2 saturated carbocycles. The number of nitrogens with zero attached hydrogens (tertiary/aromatic N) is 1. The van der Waals surface area contributed by atoms with Crippen molar-refractivity contribution in [3.05, 3.63) is 94.1 Å². The van der Waals surface area contributed by atoms with Gasteiger partial charge in [-0.3, -0.25) is 18.9 Å². The summed E-state index contributed by atoms with van der Waals surface area (Å²) in [6.45, 7) is 3.53. The van der Waals surface area contributed by atoms with Crippen molar-refractivity contribution < 1.29 is 54.4 Å². The zero-order valence-corrected chi connectivity index (χ0v) is 26.8. The van der Waals surface area contributed by atoms with E-state index in [1.807, 2.05) is 36.4 Å². The summed E-state index contributed by atoms with van der Waals surface area (Å²) in [7, 11) is -5.74. The lowest BCUT2D eigenvalue weighted by atomic mass is 9.59. The van der Waals surface area contributed by atoms with Crippen LogP contribution in [-0.4, -0.2) is 53.9 Å². The van der Waals surface area contributed by atoms with Crippen LogP contribution >= 0.6 is 0 Å². The Balaban J connectivity index is 1.12. The highest BCUT2D eigenvalue weighted by atomic mass is 32.2. The van der Waals surface area contributed by atoms with Crippen LogP contribution < -0.4 is 4.74 Å². The van der Waals surface area contributed by atoms with Gasteiger partial charge in [-0.1, -0.05) is 48.5 Å². The Kier molecular flexibility index (Phi) is 7.07. The zero-order valence-electron chi connectivity index (χ0n) is 26.0. The standard InChI is InChI=1S/C35H29F4NO8S/c1-13(2)40-29-19-12-20(24(23(19)33(40)41)35(43)48-31-25(36)27(38)32(49(44,45)46)28(39)26(31)37)30(29)47-34(42)21-11-18-14-7-3-5-9-16(14)22(21)17-10-6-4-8-15(17)18/h3-10,13,18-24,29-30H,11-12H2,1-2H3,(H,44,45,46). The molecule has 7 unspecified atom stereocenters. The van der Waals surface area contributed by atoms with E-state index >= 15 is 0 Å². The second kappa shape index (κ2) is 10.8. The number of benzene rings is 3. The molecule has 0 aromatic heterocycles. The summed E-state index contributed by atoms with van der Waals surface area (Å²) in [5.41, 5.74) is 4.34. The first kappa shape index (κ1) is 31.9. The van der Waals surface area contributed by atoms with E-state index < -0.39 is 104 Å². The molecule has 1 amide bonds. The van der Waals surface area contributed by atoms with Crippen LogP contribution in [0.1, 0.15) is 60.8 Å². The molecule has 3 aromatic rings. The van der Waals surface area contributed by atoms with Crippen molar-refractivity contribution in [3.63, 3.8) is 0 Å². The van der Waals surface area contributed by atoms with Gasteiger partial charge in [0.05, 0.1) is 23.8 Å². The van der Waals surface area contributed by atoms with Gasteiger partial charge >= 0.3 is 22.1 Å². The number of esters is 2. The van der Waals surface area contributed by atoms with Gasteiger partial charge in [-0.05, 0) is 54.9 Å². The van der Waals surface area contributed by atoms with Crippen molar-refractivity contribution in [2.75, 3.05) is 0 Å². The molecule has 0 spiro atoms. The van der Waals surface area contributed by atoms with Crippen molar-refractivity contribution in [3.8, 4) is 5.75 Å². The monoisotopic (exact) mass is 699 g/mol. The third-order valence-electron chi connectivity index (χ3n) is 11.2. The Morgan fingerprint density at radius 2 is 1.39 bits per heavy atom. The number of carbonyl (C=O) groups excluding carboxylic acids is 3. The number of hydrogen-bond donors (Lipinski definition) is 1. The van der Waals surface area contributed by atoms with Crippen molar-refractivity contribution in [2.45, 2.75) is 61.6 Å². The number of likely N-dealkylation sites (tertiary alicyclic amines) is 1. The Morgan fingerprint density at radius 1 is 0.837 bits per heavy atom. The van der Waals surface area contributed by atoms with E-state index in [9.17, 15) is 40.4 Å². The van der Waals surface area contributed by atoms with Crippen molar-refractivity contribution in [1.29, 1.82) is 0 Å². The van der Waals surface area contributed by atoms with Crippen LogP contribution in [0.15, 0.2) is 53.4 Å². The first-order valence-corrected chi connectivity index (χ1v) is 17.4. The Morgan fingerprint density at radius 3 is 1.92 bits per heavy atom. The van der Waals surface area contributed by atoms with Gasteiger partial charge < -0.3 is 14.4 Å². The summed E-state index contributed by atoms with van der Waals surface area (Å²) >= 11 is 0. The highest BCUT2D eigenvalue weighted by Gasteiger charge is 2.71. The van der Waals surface area contributed by atoms with E-state index in [4.69, 9.17) is 14.0 Å². The number of halogens is 4. The molecule has 0 radical (unpaired) electrons. The van der Waals surface area contributed by atoms with Gasteiger partial charge in [0.15, 0.2) is 16.5 Å². The van der Waals surface area contributed by atoms with Gasteiger partial charge in [0.2, 0.25) is 23.3 Å². The third kappa shape index (κ3) is 4.38. The predicted octanol–water partition coefficient (Wildman–Crippen LogP) is 5.11. The maximum Gasteiger partial charge on any atom is 0.315 e. The van der Waals surface area contributed by atoms with Gasteiger partial charge in [-0.15, -0.1) is 0 Å². The molecule has 9 rings (SSSR count). The molecule has 5 aliphatic carbocycles. The lowest BCUT2D eigenvalue weighted by Crippen LogP contribution is -2.50. The number of rotatable bonds is 6. The molecule has 9 nitrogen and oxygen atoms in total. The first-order chi connectivity index (χ1) is 23.2. The highest BCUT2D eigenvalue weighted by molar-refractivity contribution is 7.85. The Labute approximate surface area is 277 Å². The fourth-order valence-electron chi connectivity index (χ4n) is 9.59. The van der Waals surface area contributed by atoms with Crippen LogP contribution in [0.3, 0.4) is 0 Å². The van der Waals surface area contributed by atoms with Gasteiger partial charge in [-0.25, -0.2) is 8.78 Å². The summed E-state index contributed by atoms with van der Waals surface area (Å²) in [6, 6.07) is 14.9. The van der Waals surface area contributed by atoms with Gasteiger partial charge in [0.25, 0.3) is 0 Å². The number of amides is 1. The number of hydrogen-bond acceptors (Lipinski definition) is 7. The van der Waals surface area contributed by atoms with Gasteiger partial charge in [0.1, 0.15) is 6.10 Å². The SMILES string of the molecule is CC(C)N1C(=O)C2C3CC(C(OC(=O)C4CC5c6ccccc6C4c4ccccc45)C31)C2C(=O)Oc1c(F)c(F)c(S(=O)(=O)O)c(F)c1F. The fourth-order valence-corrected chi connectivity index (χ4v) is 10.2. The quantitative estimate of drug-likeness (QED) is 0.124. The lowest BCUT2D eigenvalue weighted by Gasteiger charge is -2.45. The minimum Gasteiger partial charge on any atom is -0.460 e. The normalized spacial score (nSPS) is 30.5. The molecule has 1 heterocycles. The molecule has 7 atom stereocenters. The molecule has 3 fully saturated rings. The number of ether oxygens (including phenoxy) is 2. The highest BCUT2D eigenvalue weighted by Crippen LogP contribution is 2.61. The van der Waals surface area contributed by atoms with Crippen LogP contribution in [0.4, 0.5) is 17.6 Å². The van der Waals surface area contributed by atoms with Crippen LogP contribution in [0.5, 0.6) is 5.75 Å². The van der Waals surface area contributed by atoms with Crippen LogP contribution in [0, 0.1) is 52.9 Å². The van der Waals surface area contributed by atoms with Crippen LogP contribution in [0.25, 0.3) is 0 Å². The average Bonchev–Trinajstić information content (AvgIpc) is 3.68. The van der Waals surface area contributed by atoms with Gasteiger partial charge in [-0.2, -0.15) is 17.2 Å². The van der Waals surface area contributed by atoms with E-state index in [-0.39, 0.29) is 24.3 Å². The maximum absolute atomic E-state index is 14.9. The molecule has 14 heteroatoms. The molecule has 1 aliphatic heterocycles. The summed E-state index contributed by atoms with van der Waals surface area (Å²) in [5.74, 6) is -18.5. The number of carbonyl (C=O) groups is 3. The van der Waals surface area contributed by atoms with Crippen molar-refractivity contribution >= 4 is 28.0 Å². The van der Waals surface area contributed by atoms with E-state index in [0.717, 1.165) is 22.3 Å². The fraction of sp³-hybridized carbons (Fsp3) is 0.400. The first-order valence-electron chi connectivity index (χ1n) is 16.0. The molecule has 1 saturated heterocycles. The second-order valence-electron chi connectivity index (χ2n) is 13.8. The van der Waals surface area contributed by atoms with Crippen molar-refractivity contribution in [2.24, 2.45) is 29.6 Å². The molecule has 256 valence electrons. The molecule has 49 heavy (non-hydrogen) atoms. The zero-order chi connectivity index (χ0) is 34.8. The molecule has 4 bridgehead atoms. The summed E-state index contributed by atoms with van der Waals surface area (Å²) < 4.78 is 102. The topological polar surface area (TPSA) is 127 Å². The Hall–Kier alpha value is -4.30. The molecular weight excluding hydrogens is 670 g/mol. The second-order valence-corrected chi connectivity index (χ2v) is 15.1. The van der Waals surface area contributed by atoms with E-state index in [0.29, 0.717) is 6.42 Å². The molecule has 1 N–H and O–H groups in total. The average molecular weight is 700 g/mol. The van der Waals surface area contributed by atoms with Crippen molar-refractivity contribution in [1.82, 2.24) is 4.90 Å². The van der Waals surface area contributed by atoms with E-state index in [1.165, 1.54) is 0 Å². The smallest absolute Gasteiger partial charge is 0.315 e. The Bertz CT molecular complexity index is 2010. The number of fused-ring (bicyclic) bond motifs is 2. The van der Waals surface area contributed by atoms with Gasteiger partial charge in [0, 0.05) is 23.8 Å². The third-order valence-corrected chi connectivity index (χ3v) is 12.1. The minimum atomic E-state index is -5.74. The lowest BCUT2D eigenvalue weighted by molar-refractivity contribution is -0.165. The predicted molar refractivity (Wildman–Crippen MR) is 161 cm³/mol. The van der Waals surface area contributed by atoms with Crippen LogP contribution in [-0.2, 0) is 29.2 Å². The molecular formula is C35H29F4NO8S. The molecule has 3 aromatic carbocycles. The summed E-state index contributed by atoms with van der Waals surface area (Å²) in [6.07, 6.45) is -0.268.